The van der Waals surface area contributed by atoms with Crippen LogP contribution >= 0.6 is 0 Å². The first-order chi connectivity index (χ1) is 7.06. The first-order valence-electron chi connectivity index (χ1n) is 4.49. The number of hydrogen-bond acceptors (Lipinski definition) is 2. The lowest BCUT2D eigenvalue weighted by Crippen LogP contribution is -2.27. The van der Waals surface area contributed by atoms with E-state index in [1.165, 1.54) is 12.1 Å². The summed E-state index contributed by atoms with van der Waals surface area (Å²) in [7, 11) is 0. The first kappa shape index (κ1) is 10.3. The zero-order chi connectivity index (χ0) is 10.9. The minimum Gasteiger partial charge on any atom is -0.405 e. The van der Waals surface area contributed by atoms with Crippen LogP contribution in [0.5, 0.6) is 5.75 Å². The van der Waals surface area contributed by atoms with Crippen molar-refractivity contribution in [3.8, 4) is 5.75 Å². The van der Waals surface area contributed by atoms with Crippen LogP contribution in [0.15, 0.2) is 24.3 Å². The molecule has 1 aliphatic rings. The maximum atomic E-state index is 12.1. The minimum absolute atomic E-state index is 0.0172. The molecule has 82 valence electrons. The van der Waals surface area contributed by atoms with Gasteiger partial charge in [-0.2, -0.15) is 0 Å². The minimum atomic E-state index is -4.64. The Morgan fingerprint density at radius 3 is 2.40 bits per heavy atom. The largest absolute Gasteiger partial charge is 0.573 e. The molecule has 0 unspecified atom stereocenters. The van der Waals surface area contributed by atoms with Crippen molar-refractivity contribution in [3.63, 3.8) is 0 Å². The maximum absolute atomic E-state index is 12.1. The third-order valence-electron chi connectivity index (χ3n) is 2.22. The average Bonchev–Trinajstić information content (AvgIpc) is 2.02. The molecule has 0 bridgehead atoms. The fraction of sp³-hybridized carbons (Fsp3) is 0.400. The highest BCUT2D eigenvalue weighted by Crippen LogP contribution is 2.34. The standard InChI is InChI=1S/C10H9F3O2/c11-10(12,13)15-9-4-2-1-3-8(9)7-5-14-6-7/h1-4,7H,5-6H2. The Labute approximate surface area is 84.6 Å². The number of rotatable bonds is 2. The molecular formula is C10H9F3O2. The third kappa shape index (κ3) is 2.41. The van der Waals surface area contributed by atoms with E-state index in [-0.39, 0.29) is 11.7 Å². The van der Waals surface area contributed by atoms with Crippen LogP contribution in [0.2, 0.25) is 0 Å². The Hall–Kier alpha value is -1.23. The second-order valence-corrected chi connectivity index (χ2v) is 3.32. The van der Waals surface area contributed by atoms with Crippen LogP contribution in [-0.2, 0) is 4.74 Å². The van der Waals surface area contributed by atoms with E-state index in [4.69, 9.17) is 4.74 Å². The van der Waals surface area contributed by atoms with Crippen molar-refractivity contribution in [2.24, 2.45) is 0 Å². The summed E-state index contributed by atoms with van der Waals surface area (Å²) in [6.45, 7) is 0.913. The normalized spacial score (nSPS) is 17.3. The van der Waals surface area contributed by atoms with Gasteiger partial charge in [0.05, 0.1) is 13.2 Å². The van der Waals surface area contributed by atoms with Gasteiger partial charge in [-0.1, -0.05) is 18.2 Å². The van der Waals surface area contributed by atoms with Gasteiger partial charge in [0.25, 0.3) is 0 Å². The number of ether oxygens (including phenoxy) is 2. The van der Waals surface area contributed by atoms with Crippen LogP contribution in [0.1, 0.15) is 11.5 Å². The van der Waals surface area contributed by atoms with E-state index in [9.17, 15) is 13.2 Å². The smallest absolute Gasteiger partial charge is 0.405 e. The highest BCUT2D eigenvalue weighted by molar-refractivity contribution is 5.37. The van der Waals surface area contributed by atoms with E-state index >= 15 is 0 Å². The quantitative estimate of drug-likeness (QED) is 0.759. The summed E-state index contributed by atoms with van der Waals surface area (Å²) >= 11 is 0. The van der Waals surface area contributed by atoms with E-state index in [2.05, 4.69) is 4.74 Å². The van der Waals surface area contributed by atoms with Crippen LogP contribution in [0.3, 0.4) is 0 Å². The molecule has 1 aromatic rings. The predicted molar refractivity (Wildman–Crippen MR) is 46.7 cm³/mol. The molecule has 1 aliphatic heterocycles. The highest BCUT2D eigenvalue weighted by atomic mass is 19.4. The summed E-state index contributed by atoms with van der Waals surface area (Å²) in [6.07, 6.45) is -4.64. The van der Waals surface area contributed by atoms with Crippen molar-refractivity contribution in [1.82, 2.24) is 0 Å². The lowest BCUT2D eigenvalue weighted by atomic mass is 9.97. The number of para-hydroxylation sites is 1. The number of hydrogen-bond donors (Lipinski definition) is 0. The van der Waals surface area contributed by atoms with Crippen LogP contribution in [0.4, 0.5) is 13.2 Å². The SMILES string of the molecule is FC(F)(F)Oc1ccccc1C1COC1. The molecule has 1 fully saturated rings. The number of alkyl halides is 3. The second-order valence-electron chi connectivity index (χ2n) is 3.32. The van der Waals surface area contributed by atoms with Crippen molar-refractivity contribution >= 4 is 0 Å². The average molecular weight is 218 g/mol. The zero-order valence-electron chi connectivity index (χ0n) is 7.75. The fourth-order valence-corrected chi connectivity index (χ4v) is 1.45. The molecular weight excluding hydrogens is 209 g/mol. The van der Waals surface area contributed by atoms with Gasteiger partial charge in [0.2, 0.25) is 0 Å². The molecule has 1 saturated heterocycles. The molecule has 0 spiro atoms. The summed E-state index contributed by atoms with van der Waals surface area (Å²) < 4.78 is 45.0. The Morgan fingerprint density at radius 1 is 1.20 bits per heavy atom. The van der Waals surface area contributed by atoms with Gasteiger partial charge in [0.15, 0.2) is 0 Å². The van der Waals surface area contributed by atoms with Crippen molar-refractivity contribution in [2.45, 2.75) is 12.3 Å². The van der Waals surface area contributed by atoms with Gasteiger partial charge in [0, 0.05) is 11.5 Å². The summed E-state index contributed by atoms with van der Waals surface area (Å²) in [6, 6.07) is 6.16. The Bertz CT molecular complexity index is 345. The molecule has 0 atom stereocenters. The van der Waals surface area contributed by atoms with E-state index < -0.39 is 6.36 Å². The van der Waals surface area contributed by atoms with Crippen molar-refractivity contribution < 1.29 is 22.6 Å². The molecule has 1 aromatic carbocycles. The first-order valence-corrected chi connectivity index (χ1v) is 4.49. The van der Waals surface area contributed by atoms with E-state index in [0.717, 1.165) is 0 Å². The second kappa shape index (κ2) is 3.73. The molecule has 0 aliphatic carbocycles. The summed E-state index contributed by atoms with van der Waals surface area (Å²) in [5.41, 5.74) is 0.557. The van der Waals surface area contributed by atoms with Crippen LogP contribution in [0, 0.1) is 0 Å². The lowest BCUT2D eigenvalue weighted by Gasteiger charge is -2.28. The van der Waals surface area contributed by atoms with Crippen molar-refractivity contribution in [1.29, 1.82) is 0 Å². The molecule has 0 radical (unpaired) electrons. The van der Waals surface area contributed by atoms with E-state index in [1.807, 2.05) is 0 Å². The van der Waals surface area contributed by atoms with Gasteiger partial charge < -0.3 is 9.47 Å². The molecule has 1 heterocycles. The molecule has 5 heteroatoms. The predicted octanol–water partition coefficient (Wildman–Crippen LogP) is 2.70. The summed E-state index contributed by atoms with van der Waals surface area (Å²) in [5, 5.41) is 0. The van der Waals surface area contributed by atoms with Gasteiger partial charge in [0.1, 0.15) is 5.75 Å². The lowest BCUT2D eigenvalue weighted by molar-refractivity contribution is -0.275. The van der Waals surface area contributed by atoms with Gasteiger partial charge in [-0.25, -0.2) is 0 Å². The fourth-order valence-electron chi connectivity index (χ4n) is 1.45. The molecule has 0 aromatic heterocycles. The molecule has 2 nitrogen and oxygen atoms in total. The Morgan fingerprint density at radius 2 is 1.87 bits per heavy atom. The zero-order valence-corrected chi connectivity index (χ0v) is 7.75. The van der Waals surface area contributed by atoms with E-state index in [1.54, 1.807) is 12.1 Å². The summed E-state index contributed by atoms with van der Waals surface area (Å²) in [5.74, 6) is -0.109. The number of benzene rings is 1. The van der Waals surface area contributed by atoms with Crippen LogP contribution in [-0.4, -0.2) is 19.6 Å². The molecule has 0 saturated carbocycles. The van der Waals surface area contributed by atoms with E-state index in [0.29, 0.717) is 18.8 Å². The molecule has 0 amide bonds. The van der Waals surface area contributed by atoms with Gasteiger partial charge in [-0.3, -0.25) is 0 Å². The van der Waals surface area contributed by atoms with Gasteiger partial charge in [-0.05, 0) is 6.07 Å². The molecule has 15 heavy (non-hydrogen) atoms. The van der Waals surface area contributed by atoms with Crippen molar-refractivity contribution in [2.75, 3.05) is 13.2 Å². The molecule has 2 rings (SSSR count). The third-order valence-corrected chi connectivity index (χ3v) is 2.22. The maximum Gasteiger partial charge on any atom is 0.573 e. The van der Waals surface area contributed by atoms with Crippen LogP contribution < -0.4 is 4.74 Å². The Balaban J connectivity index is 2.21. The van der Waals surface area contributed by atoms with Gasteiger partial charge in [-0.15, -0.1) is 13.2 Å². The monoisotopic (exact) mass is 218 g/mol. The number of halogens is 3. The Kier molecular flexibility index (Phi) is 2.56. The topological polar surface area (TPSA) is 18.5 Å². The van der Waals surface area contributed by atoms with Gasteiger partial charge >= 0.3 is 6.36 Å². The van der Waals surface area contributed by atoms with Crippen molar-refractivity contribution in [3.05, 3.63) is 29.8 Å². The highest BCUT2D eigenvalue weighted by Gasteiger charge is 2.33. The summed E-state index contributed by atoms with van der Waals surface area (Å²) in [4.78, 5) is 0. The van der Waals surface area contributed by atoms with Crippen LogP contribution in [0.25, 0.3) is 0 Å². The molecule has 0 N–H and O–H groups in total.